The Kier molecular flexibility index (Phi) is 7.23. The normalized spacial score (nSPS) is 15.7. The maximum atomic E-state index is 2.53. The van der Waals surface area contributed by atoms with Gasteiger partial charge in [-0.05, 0) is 139 Å². The summed E-state index contributed by atoms with van der Waals surface area (Å²) in [4.78, 5) is 4.28. The van der Waals surface area contributed by atoms with Gasteiger partial charge in [-0.1, -0.05) is 114 Å². The summed E-state index contributed by atoms with van der Waals surface area (Å²) in [6.45, 7) is 14.3. The van der Waals surface area contributed by atoms with Gasteiger partial charge in [-0.3, -0.25) is 0 Å². The van der Waals surface area contributed by atoms with Gasteiger partial charge in [-0.2, -0.15) is 0 Å². The average molecular weight is 940 g/mol. The molecule has 3 aliphatic heterocycles. The van der Waals surface area contributed by atoms with Crippen molar-refractivity contribution < 1.29 is 0 Å². The van der Waals surface area contributed by atoms with Crippen LogP contribution in [0.2, 0.25) is 0 Å². The SMILES string of the molecule is CC1(C)c2sccc2-n2c3ccc(-c4cc(-c5ccc6c(c5)c5cccc7c5n6-c5ccsc5C7(C)C)cc(-c5ccc6c(c5)c5cccc7c5n6-c5ccsc5C7(C)C)c4)cc3c3cccc1c32. The van der Waals surface area contributed by atoms with E-state index in [9.17, 15) is 0 Å². The van der Waals surface area contributed by atoms with E-state index < -0.39 is 0 Å². The molecule has 3 nitrogen and oxygen atoms in total. The third kappa shape index (κ3) is 4.73. The maximum Gasteiger partial charge on any atom is 0.0610 e. The molecule has 69 heavy (non-hydrogen) atoms. The zero-order valence-corrected chi connectivity index (χ0v) is 41.6. The van der Waals surface area contributed by atoms with Crippen LogP contribution in [0.4, 0.5) is 0 Å². The van der Waals surface area contributed by atoms with Crippen molar-refractivity contribution in [2.75, 3.05) is 0 Å². The van der Waals surface area contributed by atoms with Gasteiger partial charge in [0.25, 0.3) is 0 Å². The Labute approximate surface area is 411 Å². The second-order valence-electron chi connectivity index (χ2n) is 21.4. The lowest BCUT2D eigenvalue weighted by atomic mass is 9.79. The topological polar surface area (TPSA) is 14.8 Å². The molecule has 6 aromatic heterocycles. The molecule has 0 aliphatic carbocycles. The van der Waals surface area contributed by atoms with Crippen LogP contribution in [0.1, 0.15) is 72.9 Å². The van der Waals surface area contributed by atoms with Gasteiger partial charge < -0.3 is 13.7 Å². The van der Waals surface area contributed by atoms with Crippen LogP contribution in [0.15, 0.2) is 162 Å². The molecule has 0 spiro atoms. The van der Waals surface area contributed by atoms with Crippen molar-refractivity contribution in [2.24, 2.45) is 0 Å². The summed E-state index contributed by atoms with van der Waals surface area (Å²) in [5, 5.41) is 14.6. The Bertz CT molecular complexity index is 4000. The fraction of sp³-hybridized carbons (Fsp3) is 0.143. The van der Waals surface area contributed by atoms with Crippen molar-refractivity contribution in [3.05, 3.63) is 193 Å². The highest BCUT2D eigenvalue weighted by Gasteiger charge is 2.39. The molecule has 0 fully saturated rings. The predicted molar refractivity (Wildman–Crippen MR) is 296 cm³/mol. The second-order valence-corrected chi connectivity index (χ2v) is 24.1. The summed E-state index contributed by atoms with van der Waals surface area (Å²) < 4.78 is 7.60. The first-order valence-electron chi connectivity index (χ1n) is 24.1. The minimum atomic E-state index is -0.0662. The number of thiophene rings is 3. The molecule has 0 amide bonds. The highest BCUT2D eigenvalue weighted by Crippen LogP contribution is 2.53. The Morgan fingerprint density at radius 3 is 0.913 bits per heavy atom. The Balaban J connectivity index is 0.941. The zero-order chi connectivity index (χ0) is 46.0. The summed E-state index contributed by atoms with van der Waals surface area (Å²) >= 11 is 5.63. The van der Waals surface area contributed by atoms with E-state index in [2.05, 4.69) is 217 Å². The number of rotatable bonds is 3. The molecule has 330 valence electrons. The van der Waals surface area contributed by atoms with E-state index in [1.807, 2.05) is 34.0 Å². The van der Waals surface area contributed by atoms with E-state index in [1.165, 1.54) is 147 Å². The van der Waals surface area contributed by atoms with Crippen LogP contribution < -0.4 is 0 Å². The molecule has 3 aliphatic rings. The molecule has 7 aromatic carbocycles. The molecule has 0 bridgehead atoms. The first kappa shape index (κ1) is 38.9. The van der Waals surface area contributed by atoms with E-state index in [1.54, 1.807) is 0 Å². The Morgan fingerprint density at radius 2 is 0.609 bits per heavy atom. The van der Waals surface area contributed by atoms with Gasteiger partial charge in [-0.25, -0.2) is 0 Å². The van der Waals surface area contributed by atoms with Gasteiger partial charge in [0.1, 0.15) is 0 Å². The maximum absolute atomic E-state index is 2.53. The molecule has 9 heterocycles. The molecule has 13 aromatic rings. The van der Waals surface area contributed by atoms with E-state index in [-0.39, 0.29) is 16.2 Å². The monoisotopic (exact) mass is 939 g/mol. The van der Waals surface area contributed by atoms with Crippen molar-refractivity contribution in [2.45, 2.75) is 57.8 Å². The van der Waals surface area contributed by atoms with Crippen molar-refractivity contribution in [3.8, 4) is 50.4 Å². The van der Waals surface area contributed by atoms with Gasteiger partial charge in [0, 0.05) is 63.2 Å². The second kappa shape index (κ2) is 12.8. The highest BCUT2D eigenvalue weighted by molar-refractivity contribution is 7.11. The molecule has 0 N–H and O–H groups in total. The number of fused-ring (bicyclic) bond motifs is 15. The Morgan fingerprint density at radius 1 is 0.304 bits per heavy atom. The summed E-state index contributed by atoms with van der Waals surface area (Å²) in [7, 11) is 0. The molecule has 6 heteroatoms. The van der Waals surface area contributed by atoms with Crippen LogP contribution in [0.3, 0.4) is 0 Å². The molecule has 0 radical (unpaired) electrons. The smallest absolute Gasteiger partial charge is 0.0610 e. The van der Waals surface area contributed by atoms with Crippen molar-refractivity contribution >= 4 is 99.4 Å². The van der Waals surface area contributed by atoms with Crippen LogP contribution in [-0.2, 0) is 16.2 Å². The number of aromatic nitrogens is 3. The predicted octanol–water partition coefficient (Wildman–Crippen LogP) is 18.1. The minimum absolute atomic E-state index is 0.0662. The lowest BCUT2D eigenvalue weighted by Crippen LogP contribution is -2.24. The summed E-state index contributed by atoms with van der Waals surface area (Å²) in [5.41, 5.74) is 23.1. The third-order valence-corrected chi connectivity index (χ3v) is 20.4. The molecular weight excluding hydrogens is 895 g/mol. The van der Waals surface area contributed by atoms with Crippen LogP contribution >= 0.6 is 34.0 Å². The van der Waals surface area contributed by atoms with Crippen molar-refractivity contribution in [3.63, 3.8) is 0 Å². The first-order chi connectivity index (χ1) is 33.5. The molecule has 0 saturated heterocycles. The van der Waals surface area contributed by atoms with Crippen molar-refractivity contribution in [1.82, 2.24) is 13.7 Å². The molecule has 0 saturated carbocycles. The fourth-order valence-corrected chi connectivity index (χ4v) is 16.4. The largest absolute Gasteiger partial charge is 0.308 e. The standard InChI is InChI=1S/C63H45N3S3/c1-61(2)46-13-7-10-40-43-31-34(16-19-49(43)64(55(40)46)52-22-25-67-58(52)61)37-28-38(35-17-20-50-44(32-35)41-11-8-14-47-56(41)65(50)53-23-26-68-59(53)62(47,3)4)30-39(29-37)36-18-21-51-45(33-36)42-12-9-15-48-57(42)66(51)54-24-27-69-60(54)63(48,5)6/h7-33H,1-6H3. The van der Waals surface area contributed by atoms with Gasteiger partial charge in [0.05, 0.1) is 50.2 Å². The molecular formula is C63H45N3S3. The van der Waals surface area contributed by atoms with E-state index >= 15 is 0 Å². The van der Waals surface area contributed by atoms with E-state index in [0.717, 1.165) is 0 Å². The first-order valence-corrected chi connectivity index (χ1v) is 26.8. The number of para-hydroxylation sites is 3. The number of benzene rings is 7. The van der Waals surface area contributed by atoms with Gasteiger partial charge in [0.15, 0.2) is 0 Å². The number of hydrogen-bond acceptors (Lipinski definition) is 3. The van der Waals surface area contributed by atoms with Gasteiger partial charge in [0.2, 0.25) is 0 Å². The van der Waals surface area contributed by atoms with Crippen LogP contribution in [0.25, 0.3) is 116 Å². The Hall–Kier alpha value is -6.96. The number of hydrogen-bond donors (Lipinski definition) is 0. The quantitative estimate of drug-likeness (QED) is 0.168. The minimum Gasteiger partial charge on any atom is -0.308 e. The van der Waals surface area contributed by atoms with E-state index in [4.69, 9.17) is 0 Å². The average Bonchev–Trinajstić information content (AvgIpc) is 4.23. The zero-order valence-electron chi connectivity index (χ0n) is 39.2. The van der Waals surface area contributed by atoms with Crippen molar-refractivity contribution in [1.29, 1.82) is 0 Å². The summed E-state index contributed by atoms with van der Waals surface area (Å²) in [5.74, 6) is 0. The lowest BCUT2D eigenvalue weighted by molar-refractivity contribution is 0.645. The third-order valence-electron chi connectivity index (χ3n) is 16.7. The molecule has 16 rings (SSSR count). The van der Waals surface area contributed by atoms with Gasteiger partial charge in [-0.15, -0.1) is 34.0 Å². The summed E-state index contributed by atoms with van der Waals surface area (Å²) in [6.07, 6.45) is 0. The van der Waals surface area contributed by atoms with Crippen LogP contribution in [0, 0.1) is 0 Å². The van der Waals surface area contributed by atoms with E-state index in [0.29, 0.717) is 0 Å². The van der Waals surface area contributed by atoms with Gasteiger partial charge >= 0.3 is 0 Å². The fourth-order valence-electron chi connectivity index (χ4n) is 13.3. The molecule has 0 atom stereocenters. The lowest BCUT2D eigenvalue weighted by Gasteiger charge is -2.32. The van der Waals surface area contributed by atoms with Crippen LogP contribution in [-0.4, -0.2) is 13.7 Å². The van der Waals surface area contributed by atoms with Crippen LogP contribution in [0.5, 0.6) is 0 Å². The molecule has 0 unspecified atom stereocenters. The number of nitrogens with zero attached hydrogens (tertiary/aromatic N) is 3. The summed E-state index contributed by atoms with van der Waals surface area (Å²) in [6, 6.07) is 56.7. The highest BCUT2D eigenvalue weighted by atomic mass is 32.1.